The summed E-state index contributed by atoms with van der Waals surface area (Å²) in [5.41, 5.74) is 0. The normalized spacial score (nSPS) is 35.1. The highest BCUT2D eigenvalue weighted by Crippen LogP contribution is 2.42. The van der Waals surface area contributed by atoms with Crippen molar-refractivity contribution in [2.24, 2.45) is 17.8 Å². The van der Waals surface area contributed by atoms with Crippen LogP contribution in [0.4, 0.5) is 8.78 Å². The van der Waals surface area contributed by atoms with Crippen LogP contribution < -0.4 is 5.32 Å². The van der Waals surface area contributed by atoms with E-state index in [1.807, 2.05) is 0 Å². The Morgan fingerprint density at radius 3 is 2.64 bits per heavy atom. The number of carbonyl (C=O) groups is 1. The molecule has 1 saturated carbocycles. The Morgan fingerprint density at radius 1 is 1.36 bits per heavy atom. The molecule has 3 rings (SSSR count). The average molecular weight is 338 g/mol. The lowest BCUT2D eigenvalue weighted by Crippen LogP contribution is -2.46. The number of nitrogens with one attached hydrogen (secondary N) is 1. The predicted molar refractivity (Wildman–Crippen MR) is 73.8 cm³/mol. The minimum atomic E-state index is -3.24. The van der Waals surface area contributed by atoms with Crippen molar-refractivity contribution in [1.82, 2.24) is 9.62 Å². The molecule has 0 aromatic heterocycles. The Labute approximate surface area is 128 Å². The Kier molecular flexibility index (Phi) is 3.93. The second-order valence-corrected chi connectivity index (χ2v) is 8.56. The highest BCUT2D eigenvalue weighted by atomic mass is 32.2. The highest BCUT2D eigenvalue weighted by molar-refractivity contribution is 7.88. The summed E-state index contributed by atoms with van der Waals surface area (Å²) in [5.74, 6) is -3.57. The second kappa shape index (κ2) is 5.38. The molecule has 0 aromatic carbocycles. The zero-order chi connectivity index (χ0) is 16.1. The molecule has 1 amide bonds. The van der Waals surface area contributed by atoms with E-state index in [1.54, 1.807) is 0 Å². The fourth-order valence-corrected chi connectivity index (χ4v) is 4.33. The number of rotatable bonds is 4. The molecule has 2 saturated heterocycles. The zero-order valence-electron chi connectivity index (χ0n) is 12.3. The topological polar surface area (TPSA) is 75.7 Å². The lowest BCUT2D eigenvalue weighted by Gasteiger charge is -2.34. The molecule has 126 valence electrons. The van der Waals surface area contributed by atoms with Crippen LogP contribution in [-0.4, -0.2) is 63.2 Å². The molecule has 22 heavy (non-hydrogen) atoms. The molecule has 0 radical (unpaired) electrons. The molecule has 0 unspecified atom stereocenters. The van der Waals surface area contributed by atoms with Gasteiger partial charge in [0.2, 0.25) is 21.9 Å². The van der Waals surface area contributed by atoms with Gasteiger partial charge in [-0.05, 0) is 0 Å². The first-order valence-electron chi connectivity index (χ1n) is 7.38. The van der Waals surface area contributed by atoms with Gasteiger partial charge in [0.05, 0.1) is 19.0 Å². The summed E-state index contributed by atoms with van der Waals surface area (Å²) in [5, 5.41) is 2.71. The van der Waals surface area contributed by atoms with Gasteiger partial charge in [-0.25, -0.2) is 17.2 Å². The van der Waals surface area contributed by atoms with E-state index in [9.17, 15) is 22.0 Å². The first kappa shape index (κ1) is 16.1. The first-order chi connectivity index (χ1) is 10.2. The second-order valence-electron chi connectivity index (χ2n) is 6.58. The minimum Gasteiger partial charge on any atom is -0.376 e. The van der Waals surface area contributed by atoms with Gasteiger partial charge in [-0.1, -0.05) is 0 Å². The molecule has 1 aliphatic carbocycles. The number of amides is 1. The standard InChI is InChI=1S/C13H20F2N2O4S/c1-22(19,20)17-5-10-9(7-21-11(10)6-17)4-16-12(18)8-2-13(14,15)3-8/h8-11H,2-7H2,1H3,(H,16,18)/t9-,10-,11-/m1/s1. The van der Waals surface area contributed by atoms with Crippen molar-refractivity contribution in [3.05, 3.63) is 0 Å². The van der Waals surface area contributed by atoms with Gasteiger partial charge in [0, 0.05) is 50.2 Å². The number of carbonyl (C=O) groups excluding carboxylic acids is 1. The average Bonchev–Trinajstić information content (AvgIpc) is 2.92. The third-order valence-corrected chi connectivity index (χ3v) is 6.11. The van der Waals surface area contributed by atoms with E-state index in [2.05, 4.69) is 5.32 Å². The summed E-state index contributed by atoms with van der Waals surface area (Å²) in [6.45, 7) is 1.56. The van der Waals surface area contributed by atoms with Crippen LogP contribution in [0.25, 0.3) is 0 Å². The largest absolute Gasteiger partial charge is 0.376 e. The smallest absolute Gasteiger partial charge is 0.249 e. The third kappa shape index (κ3) is 3.11. The Morgan fingerprint density at radius 2 is 2.05 bits per heavy atom. The van der Waals surface area contributed by atoms with Gasteiger partial charge in [0.15, 0.2) is 0 Å². The fraction of sp³-hybridized carbons (Fsp3) is 0.923. The first-order valence-corrected chi connectivity index (χ1v) is 9.23. The van der Waals surface area contributed by atoms with Crippen molar-refractivity contribution in [3.8, 4) is 0 Å². The SMILES string of the molecule is CS(=O)(=O)N1C[C@@H]2[C@H](CNC(=O)C3CC(F)(F)C3)CO[C@@H]2C1. The fourth-order valence-electron chi connectivity index (χ4n) is 3.47. The number of halogens is 2. The van der Waals surface area contributed by atoms with Crippen molar-refractivity contribution < 1.29 is 26.7 Å². The molecule has 2 heterocycles. The zero-order valence-corrected chi connectivity index (χ0v) is 13.1. The number of sulfonamides is 1. The van der Waals surface area contributed by atoms with Crippen molar-refractivity contribution >= 4 is 15.9 Å². The third-order valence-electron chi connectivity index (χ3n) is 4.87. The summed E-state index contributed by atoms with van der Waals surface area (Å²) in [6, 6.07) is 0. The van der Waals surface area contributed by atoms with Crippen LogP contribution in [-0.2, 0) is 19.6 Å². The Bertz CT molecular complexity index is 560. The van der Waals surface area contributed by atoms with Crippen LogP contribution in [0, 0.1) is 17.8 Å². The molecular formula is C13H20F2N2O4S. The summed E-state index contributed by atoms with van der Waals surface area (Å²) in [6.07, 6.45) is 0.272. The molecule has 3 fully saturated rings. The van der Waals surface area contributed by atoms with Crippen molar-refractivity contribution in [2.45, 2.75) is 24.9 Å². The van der Waals surface area contributed by atoms with E-state index in [-0.39, 0.29) is 36.7 Å². The van der Waals surface area contributed by atoms with E-state index in [1.165, 1.54) is 10.6 Å². The summed E-state index contributed by atoms with van der Waals surface area (Å²) >= 11 is 0. The van der Waals surface area contributed by atoms with Crippen LogP contribution in [0.2, 0.25) is 0 Å². The summed E-state index contributed by atoms with van der Waals surface area (Å²) in [4.78, 5) is 11.8. The molecule has 6 nitrogen and oxygen atoms in total. The Balaban J connectivity index is 1.49. The van der Waals surface area contributed by atoms with Crippen molar-refractivity contribution in [1.29, 1.82) is 0 Å². The van der Waals surface area contributed by atoms with Gasteiger partial charge >= 0.3 is 0 Å². The molecule has 0 aromatic rings. The van der Waals surface area contributed by atoms with E-state index < -0.39 is 21.9 Å². The number of hydrogen-bond donors (Lipinski definition) is 1. The number of fused-ring (bicyclic) bond motifs is 1. The molecule has 0 spiro atoms. The van der Waals surface area contributed by atoms with E-state index in [0.29, 0.717) is 26.2 Å². The maximum atomic E-state index is 12.8. The Hall–Kier alpha value is -0.800. The van der Waals surface area contributed by atoms with Gasteiger partial charge in [-0.3, -0.25) is 4.79 Å². The molecule has 2 aliphatic heterocycles. The minimum absolute atomic E-state index is 0.0290. The van der Waals surface area contributed by atoms with E-state index in [4.69, 9.17) is 4.74 Å². The molecular weight excluding hydrogens is 318 g/mol. The van der Waals surface area contributed by atoms with Crippen LogP contribution in [0.1, 0.15) is 12.8 Å². The van der Waals surface area contributed by atoms with E-state index in [0.717, 1.165) is 0 Å². The van der Waals surface area contributed by atoms with Crippen molar-refractivity contribution in [3.63, 3.8) is 0 Å². The summed E-state index contributed by atoms with van der Waals surface area (Å²) < 4.78 is 55.6. The molecule has 3 atom stereocenters. The number of nitrogens with zero attached hydrogens (tertiary/aromatic N) is 1. The van der Waals surface area contributed by atoms with Gasteiger partial charge in [-0.2, -0.15) is 4.31 Å². The van der Waals surface area contributed by atoms with Gasteiger partial charge < -0.3 is 10.1 Å². The number of hydrogen-bond acceptors (Lipinski definition) is 4. The molecule has 9 heteroatoms. The van der Waals surface area contributed by atoms with Crippen LogP contribution in [0.3, 0.4) is 0 Å². The van der Waals surface area contributed by atoms with Crippen LogP contribution in [0.5, 0.6) is 0 Å². The molecule has 1 N–H and O–H groups in total. The lowest BCUT2D eigenvalue weighted by molar-refractivity contribution is -0.150. The van der Waals surface area contributed by atoms with E-state index >= 15 is 0 Å². The van der Waals surface area contributed by atoms with Crippen molar-refractivity contribution in [2.75, 3.05) is 32.5 Å². The monoisotopic (exact) mass is 338 g/mol. The van der Waals surface area contributed by atoms with Crippen LogP contribution in [0.15, 0.2) is 0 Å². The summed E-state index contributed by atoms with van der Waals surface area (Å²) in [7, 11) is -3.24. The predicted octanol–water partition coefficient (Wildman–Crippen LogP) is 0.0543. The van der Waals surface area contributed by atoms with Gasteiger partial charge in [0.1, 0.15) is 0 Å². The molecule has 0 bridgehead atoms. The number of alkyl halides is 2. The lowest BCUT2D eigenvalue weighted by atomic mass is 9.80. The van der Waals surface area contributed by atoms with Gasteiger partial charge in [0.25, 0.3) is 0 Å². The molecule has 3 aliphatic rings. The van der Waals surface area contributed by atoms with Crippen LogP contribution >= 0.6 is 0 Å². The maximum absolute atomic E-state index is 12.8. The number of ether oxygens (including phenoxy) is 1. The quantitative estimate of drug-likeness (QED) is 0.786. The highest BCUT2D eigenvalue weighted by Gasteiger charge is 2.49. The maximum Gasteiger partial charge on any atom is 0.249 e. The van der Waals surface area contributed by atoms with Gasteiger partial charge in [-0.15, -0.1) is 0 Å².